The van der Waals surface area contributed by atoms with Gasteiger partial charge < -0.3 is 24.6 Å². The Labute approximate surface area is 312 Å². The molecule has 0 radical (unpaired) electrons. The summed E-state index contributed by atoms with van der Waals surface area (Å²) in [4.78, 5) is 40.8. The first kappa shape index (κ1) is 36.1. The van der Waals surface area contributed by atoms with E-state index in [0.29, 0.717) is 6.42 Å². The van der Waals surface area contributed by atoms with E-state index in [1.807, 2.05) is 121 Å². The number of imide groups is 1. The van der Waals surface area contributed by atoms with Crippen LogP contribution in [0.3, 0.4) is 0 Å². The maximum atomic E-state index is 13.2. The van der Waals surface area contributed by atoms with Crippen molar-refractivity contribution in [3.8, 4) is 11.1 Å². The zero-order chi connectivity index (χ0) is 36.6. The fraction of sp³-hybridized carbons (Fsp3) is 0.233. The summed E-state index contributed by atoms with van der Waals surface area (Å²) in [5.74, 6) is -0.0392. The summed E-state index contributed by atoms with van der Waals surface area (Å²) in [6.07, 6.45) is -0.959. The van der Waals surface area contributed by atoms with Crippen molar-refractivity contribution in [2.75, 3.05) is 5.75 Å². The number of aliphatic hydroxyl groups excluding tert-OH is 1. The number of nitrogens with one attached hydrogen (secondary N) is 1. The van der Waals surface area contributed by atoms with Gasteiger partial charge in [-0.1, -0.05) is 115 Å². The van der Waals surface area contributed by atoms with Crippen LogP contribution in [0.4, 0.5) is 4.79 Å². The smallest absolute Gasteiger partial charge is 0.408 e. The number of amides is 3. The lowest BCUT2D eigenvalue weighted by Gasteiger charge is -2.36. The van der Waals surface area contributed by atoms with Crippen LogP contribution < -0.4 is 5.32 Å². The van der Waals surface area contributed by atoms with Crippen LogP contribution >= 0.6 is 11.8 Å². The van der Waals surface area contributed by atoms with Crippen LogP contribution in [-0.4, -0.2) is 45.8 Å². The first-order chi connectivity index (χ1) is 25.9. The highest BCUT2D eigenvalue weighted by Crippen LogP contribution is 2.40. The Morgan fingerprint density at radius 3 is 2.21 bits per heavy atom. The number of alkyl carbamates (subject to hydrolysis) is 1. The SMILES string of the molecule is O=C(NC1CC(=O)N(Cc2cccc(-c3ccc([C@H]4O[C@@H](CSc5ccccc5)C[C@@H](c5ccc(CO)cc5)O4)cc3)c2)C1=O)OCc1ccccc1. The minimum absolute atomic E-state index is 0.0104. The molecule has 0 aromatic heterocycles. The molecular weight excluding hydrogens is 689 g/mol. The molecule has 3 amide bonds. The monoisotopic (exact) mass is 728 g/mol. The number of likely N-dealkylation sites (tertiary alicyclic amines) is 1. The van der Waals surface area contributed by atoms with Crippen molar-refractivity contribution in [3.05, 3.63) is 161 Å². The lowest BCUT2D eigenvalue weighted by molar-refractivity contribution is -0.245. The van der Waals surface area contributed by atoms with Gasteiger partial charge in [0.1, 0.15) is 12.6 Å². The largest absolute Gasteiger partial charge is 0.445 e. The number of aliphatic hydroxyl groups is 1. The Bertz CT molecular complexity index is 2010. The predicted octanol–water partition coefficient (Wildman–Crippen LogP) is 7.74. The number of hydrogen-bond donors (Lipinski definition) is 2. The molecule has 1 unspecified atom stereocenters. The van der Waals surface area contributed by atoms with Gasteiger partial charge in [-0.15, -0.1) is 11.8 Å². The number of rotatable bonds is 12. The standard InChI is InChI=1S/C43H40N2O7S/c46-26-29-14-16-33(17-15-29)39-23-36(28-53-37-12-5-2-6-13-37)51-42(52-39)34-20-18-32(19-21-34)35-11-7-10-31(22-35)25-45-40(47)24-38(41(45)48)44-43(49)50-27-30-8-3-1-4-9-30/h1-22,36,38-39,42,46H,23-28H2,(H,44,49)/t36-,38?,39+,42+/m1/s1. The second kappa shape index (κ2) is 17.0. The van der Waals surface area contributed by atoms with E-state index in [-0.39, 0.29) is 44.3 Å². The quantitative estimate of drug-likeness (QED) is 0.0992. The molecule has 0 aliphatic carbocycles. The molecule has 270 valence electrons. The number of carbonyl (C=O) groups is 3. The topological polar surface area (TPSA) is 114 Å². The van der Waals surface area contributed by atoms with E-state index in [4.69, 9.17) is 14.2 Å². The summed E-state index contributed by atoms with van der Waals surface area (Å²) in [6, 6.07) is 42.2. The van der Waals surface area contributed by atoms with E-state index in [0.717, 1.165) is 44.7 Å². The third-order valence-corrected chi connectivity index (χ3v) is 10.5. The zero-order valence-corrected chi connectivity index (χ0v) is 29.8. The van der Waals surface area contributed by atoms with Gasteiger partial charge in [0.25, 0.3) is 5.91 Å². The highest BCUT2D eigenvalue weighted by atomic mass is 32.2. The summed E-state index contributed by atoms with van der Waals surface area (Å²) in [6.45, 7) is 0.145. The van der Waals surface area contributed by atoms with Gasteiger partial charge in [0.2, 0.25) is 5.91 Å². The van der Waals surface area contributed by atoms with Gasteiger partial charge in [0.15, 0.2) is 6.29 Å². The third kappa shape index (κ3) is 9.22. The molecule has 5 aromatic carbocycles. The van der Waals surface area contributed by atoms with Crippen LogP contribution in [-0.2, 0) is 43.6 Å². The first-order valence-corrected chi connectivity index (χ1v) is 18.6. The molecule has 0 bridgehead atoms. The van der Waals surface area contributed by atoms with Crippen LogP contribution in [0.2, 0.25) is 0 Å². The van der Waals surface area contributed by atoms with Crippen molar-refractivity contribution in [2.24, 2.45) is 0 Å². The second-order valence-electron chi connectivity index (χ2n) is 13.1. The second-order valence-corrected chi connectivity index (χ2v) is 14.2. The van der Waals surface area contributed by atoms with Gasteiger partial charge >= 0.3 is 6.09 Å². The normalized spacial score (nSPS) is 20.0. The molecule has 10 heteroatoms. The van der Waals surface area contributed by atoms with Crippen LogP contribution in [0, 0.1) is 0 Å². The van der Waals surface area contributed by atoms with Gasteiger partial charge in [-0.05, 0) is 51.6 Å². The Kier molecular flexibility index (Phi) is 11.6. The van der Waals surface area contributed by atoms with Gasteiger partial charge in [0.05, 0.1) is 31.8 Å². The number of ether oxygens (including phenoxy) is 3. The maximum absolute atomic E-state index is 13.2. The molecule has 2 aliphatic heterocycles. The molecule has 2 heterocycles. The number of thioether (sulfide) groups is 1. The lowest BCUT2D eigenvalue weighted by Crippen LogP contribution is -2.41. The van der Waals surface area contributed by atoms with Crippen LogP contribution in [0.25, 0.3) is 11.1 Å². The zero-order valence-electron chi connectivity index (χ0n) is 29.0. The van der Waals surface area contributed by atoms with Crippen molar-refractivity contribution >= 4 is 29.7 Å². The van der Waals surface area contributed by atoms with Crippen molar-refractivity contribution < 1.29 is 33.7 Å². The summed E-state index contributed by atoms with van der Waals surface area (Å²) < 4.78 is 18.3. The van der Waals surface area contributed by atoms with E-state index >= 15 is 0 Å². The minimum atomic E-state index is -0.971. The maximum Gasteiger partial charge on any atom is 0.408 e. The highest BCUT2D eigenvalue weighted by molar-refractivity contribution is 7.99. The predicted molar refractivity (Wildman–Crippen MR) is 201 cm³/mol. The molecule has 2 aliphatic rings. The van der Waals surface area contributed by atoms with E-state index in [1.54, 1.807) is 11.8 Å². The van der Waals surface area contributed by atoms with Gasteiger partial charge in [-0.2, -0.15) is 0 Å². The molecule has 0 spiro atoms. The van der Waals surface area contributed by atoms with Gasteiger partial charge in [-0.25, -0.2) is 4.79 Å². The summed E-state index contributed by atoms with van der Waals surface area (Å²) in [5.41, 5.74) is 6.28. The van der Waals surface area contributed by atoms with Crippen LogP contribution in [0.5, 0.6) is 0 Å². The van der Waals surface area contributed by atoms with Gasteiger partial charge in [-0.3, -0.25) is 14.5 Å². The van der Waals surface area contributed by atoms with E-state index < -0.39 is 24.3 Å². The minimum Gasteiger partial charge on any atom is -0.445 e. The molecule has 4 atom stereocenters. The highest BCUT2D eigenvalue weighted by Gasteiger charge is 2.40. The van der Waals surface area contributed by atoms with E-state index in [9.17, 15) is 19.5 Å². The molecule has 7 rings (SSSR count). The van der Waals surface area contributed by atoms with Crippen molar-refractivity contribution in [1.29, 1.82) is 0 Å². The fourth-order valence-corrected chi connectivity index (χ4v) is 7.40. The number of carbonyl (C=O) groups excluding carboxylic acids is 3. The number of nitrogens with zero attached hydrogens (tertiary/aromatic N) is 1. The average Bonchev–Trinajstić information content (AvgIpc) is 3.47. The van der Waals surface area contributed by atoms with Crippen LogP contribution in [0.1, 0.15) is 53.1 Å². The Balaban J connectivity index is 0.998. The first-order valence-electron chi connectivity index (χ1n) is 17.6. The molecule has 9 nitrogen and oxygen atoms in total. The molecule has 53 heavy (non-hydrogen) atoms. The van der Waals surface area contributed by atoms with Crippen LogP contribution in [0.15, 0.2) is 138 Å². The van der Waals surface area contributed by atoms with Crippen molar-refractivity contribution in [3.63, 3.8) is 0 Å². The molecule has 0 saturated carbocycles. The summed E-state index contributed by atoms with van der Waals surface area (Å²) in [7, 11) is 0. The van der Waals surface area contributed by atoms with E-state index in [2.05, 4.69) is 17.4 Å². The van der Waals surface area contributed by atoms with Crippen molar-refractivity contribution in [1.82, 2.24) is 10.2 Å². The molecule has 5 aromatic rings. The Morgan fingerprint density at radius 2 is 1.47 bits per heavy atom. The third-order valence-electron chi connectivity index (χ3n) is 9.33. The lowest BCUT2D eigenvalue weighted by atomic mass is 9.99. The average molecular weight is 729 g/mol. The molecule has 2 N–H and O–H groups in total. The molecular formula is C43H40N2O7S. The Hall–Kier alpha value is -5.26. The Morgan fingerprint density at radius 1 is 0.774 bits per heavy atom. The number of hydrogen-bond acceptors (Lipinski definition) is 8. The fourth-order valence-electron chi connectivity index (χ4n) is 6.46. The number of benzene rings is 5. The van der Waals surface area contributed by atoms with Gasteiger partial charge in [0, 0.05) is 22.6 Å². The summed E-state index contributed by atoms with van der Waals surface area (Å²) in [5, 5.41) is 12.1. The molecule has 2 saturated heterocycles. The summed E-state index contributed by atoms with van der Waals surface area (Å²) >= 11 is 1.76. The van der Waals surface area contributed by atoms with E-state index in [1.165, 1.54) is 9.80 Å². The van der Waals surface area contributed by atoms with Crippen molar-refractivity contribution in [2.45, 2.75) is 62.0 Å². The molecule has 2 fully saturated rings.